The summed E-state index contributed by atoms with van der Waals surface area (Å²) in [5.74, 6) is 0.122. The summed E-state index contributed by atoms with van der Waals surface area (Å²) in [6.45, 7) is 0. The van der Waals surface area contributed by atoms with Gasteiger partial charge in [-0.15, -0.1) is 4.28 Å². The van der Waals surface area contributed by atoms with Crippen LogP contribution < -0.4 is 5.48 Å². The van der Waals surface area contributed by atoms with Crippen LogP contribution in [0, 0.1) is 0 Å². The van der Waals surface area contributed by atoms with Crippen molar-refractivity contribution >= 4 is 27.6 Å². The van der Waals surface area contributed by atoms with E-state index in [-0.39, 0.29) is 17.2 Å². The highest BCUT2D eigenvalue weighted by molar-refractivity contribution is 7.81. The molecule has 0 fully saturated rings. The molecule has 0 saturated carbocycles. The molecule has 0 atom stereocenters. The Kier molecular flexibility index (Phi) is 4.19. The Morgan fingerprint density at radius 1 is 1.38 bits per heavy atom. The van der Waals surface area contributed by atoms with Gasteiger partial charge in [-0.3, -0.25) is 4.55 Å². The molecule has 16 heavy (non-hydrogen) atoms. The molecule has 3 N–H and O–H groups in total. The average Bonchev–Trinajstić information content (AvgIpc) is 2.18. The Morgan fingerprint density at radius 3 is 2.44 bits per heavy atom. The van der Waals surface area contributed by atoms with E-state index >= 15 is 0 Å². The van der Waals surface area contributed by atoms with E-state index < -0.39 is 10.4 Å². The summed E-state index contributed by atoms with van der Waals surface area (Å²) in [5.41, 5.74) is 2.68. The molecular weight excluding hydrogens is 254 g/mol. The quantitative estimate of drug-likeness (QED) is 0.415. The normalized spacial score (nSPS) is 11.1. The number of nitrogens with one attached hydrogen (secondary N) is 1. The summed E-state index contributed by atoms with van der Waals surface area (Å²) in [6.07, 6.45) is 0.227. The van der Waals surface area contributed by atoms with E-state index in [1.807, 2.05) is 5.48 Å². The van der Waals surface area contributed by atoms with Gasteiger partial charge < -0.3 is 5.11 Å². The van der Waals surface area contributed by atoms with Gasteiger partial charge in [-0.1, -0.05) is 24.4 Å². The Hall–Kier alpha value is -1.22. The minimum absolute atomic E-state index is 0.0864. The van der Waals surface area contributed by atoms with E-state index in [4.69, 9.17) is 21.9 Å². The van der Waals surface area contributed by atoms with Crippen molar-refractivity contribution < 1.29 is 22.4 Å². The van der Waals surface area contributed by atoms with Crippen molar-refractivity contribution in [2.24, 2.45) is 0 Å². The lowest BCUT2D eigenvalue weighted by Gasteiger charge is -2.05. The number of hydroxylamine groups is 1. The molecule has 0 aliphatic rings. The van der Waals surface area contributed by atoms with E-state index in [2.05, 4.69) is 4.28 Å². The van der Waals surface area contributed by atoms with Crippen molar-refractivity contribution in [1.82, 2.24) is 5.48 Å². The van der Waals surface area contributed by atoms with Crippen LogP contribution >= 0.6 is 12.2 Å². The zero-order chi connectivity index (χ0) is 12.2. The number of rotatable bonds is 4. The van der Waals surface area contributed by atoms with E-state index in [0.717, 1.165) is 5.56 Å². The Labute approximate surface area is 97.8 Å². The minimum atomic E-state index is -4.56. The molecule has 0 bridgehead atoms. The molecule has 88 valence electrons. The summed E-state index contributed by atoms with van der Waals surface area (Å²) < 4.78 is 32.6. The minimum Gasteiger partial charge on any atom is -0.508 e. The first-order chi connectivity index (χ1) is 7.37. The largest absolute Gasteiger partial charge is 0.508 e. The molecule has 0 spiro atoms. The number of hydrogen-bond acceptors (Lipinski definition) is 5. The van der Waals surface area contributed by atoms with Crippen LogP contribution in [-0.2, 0) is 21.1 Å². The second-order valence-electron chi connectivity index (χ2n) is 2.88. The molecule has 0 unspecified atom stereocenters. The molecule has 6 nitrogen and oxygen atoms in total. The SMILES string of the molecule is O=S(=O)(O)ONC(=S)Cc1ccc(O)cc1. The Balaban J connectivity index is 2.49. The monoisotopic (exact) mass is 263 g/mol. The summed E-state index contributed by atoms with van der Waals surface area (Å²) >= 11 is 4.76. The predicted octanol–water partition coefficient (Wildman–Crippen LogP) is 0.586. The van der Waals surface area contributed by atoms with Crippen molar-refractivity contribution in [2.75, 3.05) is 0 Å². The molecule has 0 saturated heterocycles. The zero-order valence-electron chi connectivity index (χ0n) is 7.95. The van der Waals surface area contributed by atoms with E-state index in [0.29, 0.717) is 0 Å². The van der Waals surface area contributed by atoms with Crippen LogP contribution in [0.5, 0.6) is 5.75 Å². The number of thiocarbonyl (C=S) groups is 1. The molecule has 8 heteroatoms. The first kappa shape index (κ1) is 12.8. The van der Waals surface area contributed by atoms with Crippen molar-refractivity contribution in [3.63, 3.8) is 0 Å². The van der Waals surface area contributed by atoms with Crippen LogP contribution in [0.25, 0.3) is 0 Å². The molecule has 0 aromatic heterocycles. The maximum Gasteiger partial charge on any atom is 0.418 e. The lowest BCUT2D eigenvalue weighted by Crippen LogP contribution is -2.26. The molecule has 0 aliphatic carbocycles. The molecule has 0 aliphatic heterocycles. The summed E-state index contributed by atoms with van der Waals surface area (Å²) in [5, 5.41) is 9.02. The maximum absolute atomic E-state index is 10.2. The van der Waals surface area contributed by atoms with Crippen LogP contribution in [0.1, 0.15) is 5.56 Å². The standard InChI is InChI=1S/C8H9NO5S2/c10-7-3-1-6(2-4-7)5-8(15)9-14-16(11,12)13/h1-4,10H,5H2,(H,9,15)(H,11,12,13). The highest BCUT2D eigenvalue weighted by atomic mass is 32.3. The van der Waals surface area contributed by atoms with E-state index in [1.54, 1.807) is 12.1 Å². The molecule has 1 rings (SSSR count). The van der Waals surface area contributed by atoms with E-state index in [1.165, 1.54) is 12.1 Å². The smallest absolute Gasteiger partial charge is 0.418 e. The fourth-order valence-electron chi connectivity index (χ4n) is 0.934. The summed E-state index contributed by atoms with van der Waals surface area (Å²) in [6, 6.07) is 6.19. The topological polar surface area (TPSA) is 95.9 Å². The van der Waals surface area contributed by atoms with Gasteiger partial charge in [0, 0.05) is 6.42 Å². The number of phenols is 1. The maximum atomic E-state index is 10.2. The Morgan fingerprint density at radius 2 is 1.94 bits per heavy atom. The first-order valence-corrected chi connectivity index (χ1v) is 5.87. The summed E-state index contributed by atoms with van der Waals surface area (Å²) in [4.78, 5) is 0.0864. The number of hydrogen-bond donors (Lipinski definition) is 3. The van der Waals surface area contributed by atoms with Crippen molar-refractivity contribution in [1.29, 1.82) is 0 Å². The van der Waals surface area contributed by atoms with Crippen LogP contribution in [0.2, 0.25) is 0 Å². The van der Waals surface area contributed by atoms with Crippen LogP contribution in [-0.4, -0.2) is 23.1 Å². The molecule has 0 amide bonds. The third-order valence-electron chi connectivity index (χ3n) is 1.56. The fourth-order valence-corrected chi connectivity index (χ4v) is 1.40. The van der Waals surface area contributed by atoms with Gasteiger partial charge in [-0.05, 0) is 17.7 Å². The van der Waals surface area contributed by atoms with Crippen LogP contribution in [0.3, 0.4) is 0 Å². The molecular formula is C8H9NO5S2. The third kappa shape index (κ3) is 5.03. The van der Waals surface area contributed by atoms with Gasteiger partial charge in [-0.25, -0.2) is 5.48 Å². The zero-order valence-corrected chi connectivity index (χ0v) is 9.59. The predicted molar refractivity (Wildman–Crippen MR) is 60.2 cm³/mol. The highest BCUT2D eigenvalue weighted by Gasteiger charge is 2.06. The first-order valence-electron chi connectivity index (χ1n) is 4.09. The second-order valence-corrected chi connectivity index (χ2v) is 4.39. The average molecular weight is 263 g/mol. The van der Waals surface area contributed by atoms with Crippen LogP contribution in [0.4, 0.5) is 0 Å². The fraction of sp³-hybridized carbons (Fsp3) is 0.125. The van der Waals surface area contributed by atoms with Crippen molar-refractivity contribution in [3.8, 4) is 5.75 Å². The van der Waals surface area contributed by atoms with Gasteiger partial charge in [-0.2, -0.15) is 8.42 Å². The van der Waals surface area contributed by atoms with Gasteiger partial charge in [0.1, 0.15) is 10.7 Å². The van der Waals surface area contributed by atoms with Crippen LogP contribution in [0.15, 0.2) is 24.3 Å². The Bertz CT molecular complexity index is 468. The molecule has 1 aromatic carbocycles. The summed E-state index contributed by atoms with van der Waals surface area (Å²) in [7, 11) is -4.56. The van der Waals surface area contributed by atoms with Gasteiger partial charge in [0.05, 0.1) is 0 Å². The third-order valence-corrected chi connectivity index (χ3v) is 2.08. The number of phenolic OH excluding ortho intramolecular Hbond substituents is 1. The second kappa shape index (κ2) is 5.21. The van der Waals surface area contributed by atoms with Gasteiger partial charge in [0.15, 0.2) is 0 Å². The molecule has 1 aromatic rings. The lowest BCUT2D eigenvalue weighted by molar-refractivity contribution is 0.227. The molecule has 0 radical (unpaired) electrons. The lowest BCUT2D eigenvalue weighted by atomic mass is 10.1. The number of aromatic hydroxyl groups is 1. The van der Waals surface area contributed by atoms with E-state index in [9.17, 15) is 8.42 Å². The van der Waals surface area contributed by atoms with Gasteiger partial charge in [0.25, 0.3) is 0 Å². The van der Waals surface area contributed by atoms with Gasteiger partial charge in [0.2, 0.25) is 0 Å². The van der Waals surface area contributed by atoms with Crippen molar-refractivity contribution in [2.45, 2.75) is 6.42 Å². The highest BCUT2D eigenvalue weighted by Crippen LogP contribution is 2.10. The molecule has 0 heterocycles. The van der Waals surface area contributed by atoms with Crippen molar-refractivity contribution in [3.05, 3.63) is 29.8 Å². The van der Waals surface area contributed by atoms with Gasteiger partial charge >= 0.3 is 10.4 Å². The number of benzene rings is 1.